The molecular formula is C25H27N3O3S. The molecule has 5 rings (SSSR count). The SMILES string of the molecule is CC(CNC(=O)C1Cc2ccccc2CN1C(=O)c1ccco1)N1CCc2sccc2C1. The first-order valence-corrected chi connectivity index (χ1v) is 12.0. The van der Waals surface area contributed by atoms with Crippen molar-refractivity contribution in [1.29, 1.82) is 0 Å². The highest BCUT2D eigenvalue weighted by molar-refractivity contribution is 7.10. The molecule has 166 valence electrons. The first kappa shape index (κ1) is 21.0. The fraction of sp³-hybridized carbons (Fsp3) is 0.360. The van der Waals surface area contributed by atoms with E-state index in [9.17, 15) is 9.59 Å². The molecule has 1 aromatic carbocycles. The van der Waals surface area contributed by atoms with Crippen molar-refractivity contribution in [1.82, 2.24) is 15.1 Å². The number of amides is 2. The number of hydrogen-bond acceptors (Lipinski definition) is 5. The van der Waals surface area contributed by atoms with E-state index in [4.69, 9.17) is 4.42 Å². The molecule has 0 fully saturated rings. The maximum Gasteiger partial charge on any atom is 0.290 e. The van der Waals surface area contributed by atoms with Gasteiger partial charge in [-0.15, -0.1) is 11.3 Å². The molecule has 2 aliphatic rings. The van der Waals surface area contributed by atoms with Gasteiger partial charge < -0.3 is 14.6 Å². The summed E-state index contributed by atoms with van der Waals surface area (Å²) in [6.07, 6.45) is 3.06. The van der Waals surface area contributed by atoms with Crippen LogP contribution < -0.4 is 5.32 Å². The van der Waals surface area contributed by atoms with Crippen molar-refractivity contribution >= 4 is 23.2 Å². The molecule has 0 aliphatic carbocycles. The van der Waals surface area contributed by atoms with E-state index in [1.807, 2.05) is 35.6 Å². The molecule has 0 saturated carbocycles. The van der Waals surface area contributed by atoms with Crippen LogP contribution in [0.15, 0.2) is 58.5 Å². The Morgan fingerprint density at radius 2 is 1.97 bits per heavy atom. The summed E-state index contributed by atoms with van der Waals surface area (Å²) in [5.74, 6) is -0.103. The van der Waals surface area contributed by atoms with E-state index in [2.05, 4.69) is 28.6 Å². The molecule has 4 heterocycles. The molecule has 1 N–H and O–H groups in total. The van der Waals surface area contributed by atoms with Crippen LogP contribution >= 0.6 is 11.3 Å². The van der Waals surface area contributed by atoms with E-state index in [0.29, 0.717) is 19.5 Å². The van der Waals surface area contributed by atoms with E-state index in [-0.39, 0.29) is 23.6 Å². The quantitative estimate of drug-likeness (QED) is 0.648. The predicted octanol–water partition coefficient (Wildman–Crippen LogP) is 3.47. The van der Waals surface area contributed by atoms with Crippen molar-refractivity contribution in [2.45, 2.75) is 44.9 Å². The standard InChI is InChI=1S/C25H27N3O3S/c1-17(27-10-8-23-20(15-27)9-12-32-23)14-26-24(29)21-13-18-5-2-3-6-19(18)16-28(21)25(30)22-7-4-11-31-22/h2-7,9,11-12,17,21H,8,10,13-16H2,1H3,(H,26,29). The van der Waals surface area contributed by atoms with Gasteiger partial charge in [-0.2, -0.15) is 0 Å². The minimum absolute atomic E-state index is 0.112. The monoisotopic (exact) mass is 449 g/mol. The van der Waals surface area contributed by atoms with Gasteiger partial charge in [0.05, 0.1) is 6.26 Å². The molecule has 0 radical (unpaired) electrons. The molecule has 2 unspecified atom stereocenters. The highest BCUT2D eigenvalue weighted by Crippen LogP contribution is 2.27. The van der Waals surface area contributed by atoms with Gasteiger partial charge in [0.1, 0.15) is 6.04 Å². The van der Waals surface area contributed by atoms with Crippen molar-refractivity contribution in [3.05, 3.63) is 81.4 Å². The highest BCUT2D eigenvalue weighted by atomic mass is 32.1. The van der Waals surface area contributed by atoms with Crippen LogP contribution in [0.2, 0.25) is 0 Å². The van der Waals surface area contributed by atoms with Gasteiger partial charge in [-0.1, -0.05) is 24.3 Å². The summed E-state index contributed by atoms with van der Waals surface area (Å²) < 4.78 is 5.34. The molecule has 7 heteroatoms. The van der Waals surface area contributed by atoms with E-state index in [1.165, 1.54) is 16.7 Å². The smallest absolute Gasteiger partial charge is 0.290 e. The Morgan fingerprint density at radius 3 is 2.78 bits per heavy atom. The second-order valence-corrected chi connectivity index (χ2v) is 9.58. The number of hydrogen-bond donors (Lipinski definition) is 1. The van der Waals surface area contributed by atoms with Gasteiger partial charge in [0, 0.05) is 43.5 Å². The van der Waals surface area contributed by atoms with Gasteiger partial charge in [0.2, 0.25) is 5.91 Å². The second kappa shape index (κ2) is 8.92. The van der Waals surface area contributed by atoms with E-state index in [0.717, 1.165) is 30.6 Å². The summed E-state index contributed by atoms with van der Waals surface area (Å²) in [5, 5.41) is 5.28. The summed E-state index contributed by atoms with van der Waals surface area (Å²) in [4.78, 5) is 31.9. The normalized spacial score (nSPS) is 19.2. The van der Waals surface area contributed by atoms with Crippen LogP contribution in [0, 0.1) is 0 Å². The van der Waals surface area contributed by atoms with Crippen molar-refractivity contribution in [2.75, 3.05) is 13.1 Å². The second-order valence-electron chi connectivity index (χ2n) is 8.58. The Hall–Kier alpha value is -2.90. The third-order valence-electron chi connectivity index (χ3n) is 6.58. The van der Waals surface area contributed by atoms with Crippen LogP contribution in [0.1, 0.15) is 39.0 Å². The lowest BCUT2D eigenvalue weighted by molar-refractivity contribution is -0.126. The predicted molar refractivity (Wildman–Crippen MR) is 123 cm³/mol. The van der Waals surface area contributed by atoms with Gasteiger partial charge in [-0.3, -0.25) is 14.5 Å². The number of fused-ring (bicyclic) bond motifs is 2. The fourth-order valence-corrected chi connectivity index (χ4v) is 5.54. The molecule has 0 bridgehead atoms. The maximum absolute atomic E-state index is 13.3. The Balaban J connectivity index is 1.28. The largest absolute Gasteiger partial charge is 0.459 e. The molecule has 0 saturated heterocycles. The first-order chi connectivity index (χ1) is 15.6. The number of thiophene rings is 1. The van der Waals surface area contributed by atoms with Gasteiger partial charge in [-0.25, -0.2) is 0 Å². The number of furan rings is 1. The Morgan fingerprint density at radius 1 is 1.12 bits per heavy atom. The van der Waals surface area contributed by atoms with E-state index >= 15 is 0 Å². The summed E-state index contributed by atoms with van der Waals surface area (Å²) in [6, 6.07) is 13.2. The summed E-state index contributed by atoms with van der Waals surface area (Å²) in [7, 11) is 0. The van der Waals surface area contributed by atoms with Gasteiger partial charge in [0.15, 0.2) is 5.76 Å². The van der Waals surface area contributed by atoms with Gasteiger partial charge >= 0.3 is 0 Å². The number of nitrogens with zero attached hydrogens (tertiary/aromatic N) is 2. The van der Waals surface area contributed by atoms with Crippen molar-refractivity contribution < 1.29 is 14.0 Å². The molecule has 6 nitrogen and oxygen atoms in total. The van der Waals surface area contributed by atoms with Gasteiger partial charge in [-0.05, 0) is 53.6 Å². The number of carbonyl (C=O) groups is 2. The average molecular weight is 450 g/mol. The number of carbonyl (C=O) groups excluding carboxylic acids is 2. The minimum atomic E-state index is -0.556. The Kier molecular flexibility index (Phi) is 5.85. The number of nitrogens with one attached hydrogen (secondary N) is 1. The van der Waals surface area contributed by atoms with Crippen LogP contribution in [0.5, 0.6) is 0 Å². The molecule has 3 aromatic rings. The lowest BCUT2D eigenvalue weighted by Gasteiger charge is -2.36. The number of benzene rings is 1. The van der Waals surface area contributed by atoms with Crippen LogP contribution in [0.4, 0.5) is 0 Å². The van der Waals surface area contributed by atoms with Gasteiger partial charge in [0.25, 0.3) is 5.91 Å². The van der Waals surface area contributed by atoms with Crippen LogP contribution in [0.25, 0.3) is 0 Å². The molecular weight excluding hydrogens is 422 g/mol. The lowest BCUT2D eigenvalue weighted by atomic mass is 9.93. The average Bonchev–Trinajstić information content (AvgIpc) is 3.52. The lowest BCUT2D eigenvalue weighted by Crippen LogP contribution is -2.54. The van der Waals surface area contributed by atoms with Crippen molar-refractivity contribution in [3.63, 3.8) is 0 Å². The zero-order chi connectivity index (χ0) is 22.1. The fourth-order valence-electron chi connectivity index (χ4n) is 4.65. The maximum atomic E-state index is 13.3. The Bertz CT molecular complexity index is 1110. The number of rotatable bonds is 5. The molecule has 2 atom stereocenters. The topological polar surface area (TPSA) is 65.8 Å². The third-order valence-corrected chi connectivity index (χ3v) is 7.60. The highest BCUT2D eigenvalue weighted by Gasteiger charge is 2.36. The summed E-state index contributed by atoms with van der Waals surface area (Å²) >= 11 is 1.83. The Labute approximate surface area is 191 Å². The summed E-state index contributed by atoms with van der Waals surface area (Å²) in [6.45, 7) is 5.04. The molecule has 2 aromatic heterocycles. The van der Waals surface area contributed by atoms with Crippen molar-refractivity contribution in [3.8, 4) is 0 Å². The van der Waals surface area contributed by atoms with E-state index in [1.54, 1.807) is 17.0 Å². The van der Waals surface area contributed by atoms with Crippen LogP contribution in [-0.2, 0) is 30.7 Å². The molecule has 2 amide bonds. The van der Waals surface area contributed by atoms with E-state index < -0.39 is 6.04 Å². The zero-order valence-electron chi connectivity index (χ0n) is 18.1. The molecule has 32 heavy (non-hydrogen) atoms. The zero-order valence-corrected chi connectivity index (χ0v) is 18.9. The molecule has 0 spiro atoms. The first-order valence-electron chi connectivity index (χ1n) is 11.1. The van der Waals surface area contributed by atoms with Crippen LogP contribution in [0.3, 0.4) is 0 Å². The minimum Gasteiger partial charge on any atom is -0.459 e. The van der Waals surface area contributed by atoms with Crippen molar-refractivity contribution in [2.24, 2.45) is 0 Å². The third kappa shape index (κ3) is 4.10. The summed E-state index contributed by atoms with van der Waals surface area (Å²) in [5.41, 5.74) is 3.59. The molecule has 2 aliphatic heterocycles. The van der Waals surface area contributed by atoms with Crippen LogP contribution in [-0.4, -0.2) is 46.8 Å².